The first-order chi connectivity index (χ1) is 12.2. The van der Waals surface area contributed by atoms with Crippen LogP contribution in [0.1, 0.15) is 15.9 Å². The lowest BCUT2D eigenvalue weighted by Crippen LogP contribution is -2.36. The molecule has 2 rings (SSSR count). The first kappa shape index (κ1) is 18.9. The summed E-state index contributed by atoms with van der Waals surface area (Å²) >= 11 is 0. The molecule has 0 spiro atoms. The van der Waals surface area contributed by atoms with Crippen LogP contribution in [0.25, 0.3) is 0 Å². The van der Waals surface area contributed by atoms with Crippen molar-refractivity contribution in [2.45, 2.75) is 6.42 Å². The fraction of sp³-hybridized carbons (Fsp3) is 0.368. The number of amides is 1. The zero-order chi connectivity index (χ0) is 17.9. The van der Waals surface area contributed by atoms with Crippen molar-refractivity contribution in [2.24, 2.45) is 0 Å². The van der Waals surface area contributed by atoms with E-state index < -0.39 is 0 Å². The molecule has 0 fully saturated rings. The Labute approximate surface area is 148 Å². The fourth-order valence-corrected chi connectivity index (χ4v) is 2.44. The molecular weight excluding hydrogens is 318 g/mol. The van der Waals surface area contributed by atoms with Crippen molar-refractivity contribution < 1.29 is 14.6 Å². The minimum absolute atomic E-state index is 0.0217. The normalized spacial score (nSPS) is 10.5. The van der Waals surface area contributed by atoms with Crippen LogP contribution < -0.4 is 5.32 Å². The zero-order valence-corrected chi connectivity index (χ0v) is 14.5. The van der Waals surface area contributed by atoms with E-state index in [-0.39, 0.29) is 19.1 Å². The summed E-state index contributed by atoms with van der Waals surface area (Å²) in [5, 5.41) is 11.8. The molecule has 0 aliphatic rings. The zero-order valence-electron chi connectivity index (χ0n) is 14.5. The van der Waals surface area contributed by atoms with Gasteiger partial charge in [0.05, 0.1) is 31.1 Å². The average Bonchev–Trinajstić information content (AvgIpc) is 2.67. The molecule has 0 aliphatic heterocycles. The number of ether oxygens (including phenoxy) is 1. The molecule has 1 aromatic carbocycles. The molecule has 134 valence electrons. The van der Waals surface area contributed by atoms with Crippen molar-refractivity contribution in [2.75, 3.05) is 45.3 Å². The number of nitrogens with zero attached hydrogens (tertiary/aromatic N) is 2. The minimum Gasteiger partial charge on any atom is -0.394 e. The Morgan fingerprint density at radius 3 is 2.72 bits per heavy atom. The highest BCUT2D eigenvalue weighted by Crippen LogP contribution is 2.11. The molecule has 2 aromatic rings. The van der Waals surface area contributed by atoms with Gasteiger partial charge in [0.1, 0.15) is 0 Å². The van der Waals surface area contributed by atoms with Crippen LogP contribution >= 0.6 is 0 Å². The molecule has 1 aromatic heterocycles. The predicted molar refractivity (Wildman–Crippen MR) is 97.7 cm³/mol. The third-order valence-electron chi connectivity index (χ3n) is 3.82. The van der Waals surface area contributed by atoms with Gasteiger partial charge in [0.2, 0.25) is 0 Å². The lowest BCUT2D eigenvalue weighted by Gasteiger charge is -2.23. The number of pyridine rings is 1. The number of rotatable bonds is 10. The van der Waals surface area contributed by atoms with Crippen molar-refractivity contribution in [3.63, 3.8) is 0 Å². The highest BCUT2D eigenvalue weighted by Gasteiger charge is 2.16. The topological polar surface area (TPSA) is 74.7 Å². The minimum atomic E-state index is -0.0758. The summed E-state index contributed by atoms with van der Waals surface area (Å²) in [6, 6.07) is 11.9. The van der Waals surface area contributed by atoms with Crippen molar-refractivity contribution >= 4 is 11.6 Å². The smallest absolute Gasteiger partial charge is 0.255 e. The second kappa shape index (κ2) is 10.4. The van der Waals surface area contributed by atoms with Gasteiger partial charge in [-0.05, 0) is 18.1 Å². The van der Waals surface area contributed by atoms with Crippen molar-refractivity contribution in [3.05, 3.63) is 59.9 Å². The monoisotopic (exact) mass is 343 g/mol. The number of aliphatic hydroxyl groups excluding tert-OH is 1. The molecule has 2 N–H and O–H groups in total. The Balaban J connectivity index is 2.04. The summed E-state index contributed by atoms with van der Waals surface area (Å²) in [5.74, 6) is -0.0758. The Morgan fingerprint density at radius 2 is 2.00 bits per heavy atom. The average molecular weight is 343 g/mol. The van der Waals surface area contributed by atoms with Gasteiger partial charge in [-0.2, -0.15) is 0 Å². The van der Waals surface area contributed by atoms with E-state index >= 15 is 0 Å². The quantitative estimate of drug-likeness (QED) is 0.644. The van der Waals surface area contributed by atoms with E-state index in [2.05, 4.69) is 10.3 Å². The van der Waals surface area contributed by atoms with Gasteiger partial charge in [-0.1, -0.05) is 30.3 Å². The number of anilines is 1. The maximum atomic E-state index is 12.9. The molecule has 6 heteroatoms. The van der Waals surface area contributed by atoms with Gasteiger partial charge in [0, 0.05) is 32.5 Å². The molecule has 1 heterocycles. The molecule has 0 saturated heterocycles. The van der Waals surface area contributed by atoms with Gasteiger partial charge in [0.15, 0.2) is 0 Å². The molecular formula is C19H25N3O3. The third kappa shape index (κ3) is 6.17. The molecule has 0 unspecified atom stereocenters. The van der Waals surface area contributed by atoms with E-state index in [4.69, 9.17) is 9.84 Å². The van der Waals surface area contributed by atoms with Gasteiger partial charge in [0.25, 0.3) is 5.91 Å². The number of hydrogen-bond acceptors (Lipinski definition) is 5. The lowest BCUT2D eigenvalue weighted by atomic mass is 10.1. The number of nitrogens with one attached hydrogen (secondary N) is 1. The first-order valence-electron chi connectivity index (χ1n) is 8.39. The Morgan fingerprint density at radius 1 is 1.20 bits per heavy atom. The summed E-state index contributed by atoms with van der Waals surface area (Å²) in [5.41, 5.74) is 2.52. The van der Waals surface area contributed by atoms with Gasteiger partial charge in [-0.25, -0.2) is 0 Å². The SMILES string of the molecule is CNc1cncc(C(=O)N(CCOCCO)CCc2ccccc2)c1. The van der Waals surface area contributed by atoms with Crippen LogP contribution in [0.15, 0.2) is 48.8 Å². The van der Waals surface area contributed by atoms with Crippen LogP contribution in [0.2, 0.25) is 0 Å². The summed E-state index contributed by atoms with van der Waals surface area (Å²) in [4.78, 5) is 18.7. The van der Waals surface area contributed by atoms with Crippen molar-refractivity contribution in [1.82, 2.24) is 9.88 Å². The van der Waals surface area contributed by atoms with Gasteiger partial charge >= 0.3 is 0 Å². The van der Waals surface area contributed by atoms with Gasteiger partial charge in [-0.15, -0.1) is 0 Å². The van der Waals surface area contributed by atoms with E-state index in [1.54, 1.807) is 30.4 Å². The van der Waals surface area contributed by atoms with E-state index in [1.807, 2.05) is 30.3 Å². The number of hydrogen-bond donors (Lipinski definition) is 2. The first-order valence-corrected chi connectivity index (χ1v) is 8.39. The molecule has 0 bridgehead atoms. The summed E-state index contributed by atoms with van der Waals surface area (Å²) < 4.78 is 5.32. The standard InChI is InChI=1S/C19H25N3O3/c1-20-18-13-17(14-21-15-18)19(24)22(9-11-25-12-10-23)8-7-16-5-3-2-4-6-16/h2-6,13-15,20,23H,7-12H2,1H3. The van der Waals surface area contributed by atoms with Crippen molar-refractivity contribution in [3.8, 4) is 0 Å². The summed E-state index contributed by atoms with van der Waals surface area (Å²) in [6.45, 7) is 1.70. The molecule has 1 amide bonds. The Kier molecular flexibility index (Phi) is 7.88. The van der Waals surface area contributed by atoms with Crippen molar-refractivity contribution in [1.29, 1.82) is 0 Å². The predicted octanol–water partition coefficient (Wildman–Crippen LogP) is 1.82. The summed E-state index contributed by atoms with van der Waals surface area (Å²) in [6.07, 6.45) is 4.02. The van der Waals surface area contributed by atoms with Gasteiger partial charge in [-0.3, -0.25) is 9.78 Å². The summed E-state index contributed by atoms with van der Waals surface area (Å²) in [7, 11) is 1.79. The van der Waals surface area contributed by atoms with Crippen LogP contribution in [-0.2, 0) is 11.2 Å². The number of aromatic nitrogens is 1. The highest BCUT2D eigenvalue weighted by molar-refractivity contribution is 5.94. The fourth-order valence-electron chi connectivity index (χ4n) is 2.44. The van der Waals surface area contributed by atoms with Crippen LogP contribution in [0.4, 0.5) is 5.69 Å². The van der Waals surface area contributed by atoms with E-state index in [1.165, 1.54) is 5.56 Å². The molecule has 0 atom stereocenters. The maximum Gasteiger partial charge on any atom is 0.255 e. The highest BCUT2D eigenvalue weighted by atomic mass is 16.5. The second-order valence-corrected chi connectivity index (χ2v) is 5.58. The molecule has 0 radical (unpaired) electrons. The Hall–Kier alpha value is -2.44. The van der Waals surface area contributed by atoms with E-state index in [0.717, 1.165) is 12.1 Å². The lowest BCUT2D eigenvalue weighted by molar-refractivity contribution is 0.0570. The van der Waals surface area contributed by atoms with Crippen LogP contribution in [0, 0.1) is 0 Å². The molecule has 0 aliphatic carbocycles. The number of carbonyl (C=O) groups excluding carboxylic acids is 1. The van der Waals surface area contributed by atoms with E-state index in [9.17, 15) is 4.79 Å². The van der Waals surface area contributed by atoms with Crippen LogP contribution in [0.5, 0.6) is 0 Å². The largest absolute Gasteiger partial charge is 0.394 e. The number of aliphatic hydroxyl groups is 1. The van der Waals surface area contributed by atoms with Crippen LogP contribution in [-0.4, -0.2) is 60.9 Å². The second-order valence-electron chi connectivity index (χ2n) is 5.58. The number of carbonyl (C=O) groups is 1. The molecule has 0 saturated carbocycles. The molecule has 6 nitrogen and oxygen atoms in total. The number of benzene rings is 1. The Bertz CT molecular complexity index is 649. The third-order valence-corrected chi connectivity index (χ3v) is 3.82. The maximum absolute atomic E-state index is 12.9. The van der Waals surface area contributed by atoms with Crippen LogP contribution in [0.3, 0.4) is 0 Å². The van der Waals surface area contributed by atoms with Gasteiger partial charge < -0.3 is 20.1 Å². The molecule has 25 heavy (non-hydrogen) atoms. The van der Waals surface area contributed by atoms with E-state index in [0.29, 0.717) is 25.3 Å².